The minimum absolute atomic E-state index is 0.0545. The number of hydrogen-bond acceptors (Lipinski definition) is 5. The van der Waals surface area contributed by atoms with Gasteiger partial charge < -0.3 is 9.47 Å². The third kappa shape index (κ3) is 5.36. The molecular weight excluding hydrogens is 631 g/mol. The highest BCUT2D eigenvalue weighted by atomic mass is 127. The number of thioether (sulfide) groups is 1. The van der Waals surface area contributed by atoms with Crippen LogP contribution in [0.1, 0.15) is 11.1 Å². The number of rotatable bonds is 6. The van der Waals surface area contributed by atoms with Crippen molar-refractivity contribution >= 4 is 91.8 Å². The summed E-state index contributed by atoms with van der Waals surface area (Å²) in [5.74, 6) is 0.332. The molecule has 4 rings (SSSR count). The average molecular weight is 646 g/mol. The van der Waals surface area contributed by atoms with Crippen LogP contribution in [0.4, 0.5) is 10.1 Å². The first-order valence-electron chi connectivity index (χ1n) is 9.75. The monoisotopic (exact) mass is 645 g/mol. The fourth-order valence-corrected chi connectivity index (χ4v) is 5.78. The molecule has 0 saturated carbocycles. The van der Waals surface area contributed by atoms with E-state index in [-0.39, 0.29) is 18.3 Å². The number of hydrogen-bond donors (Lipinski definition) is 0. The summed E-state index contributed by atoms with van der Waals surface area (Å²) in [6.07, 6.45) is 1.73. The highest BCUT2D eigenvalue weighted by Gasteiger charge is 2.34. The third-order valence-corrected chi connectivity index (χ3v) is 7.47. The van der Waals surface area contributed by atoms with Gasteiger partial charge in [-0.15, -0.1) is 0 Å². The number of carbonyl (C=O) groups is 1. The summed E-state index contributed by atoms with van der Waals surface area (Å²) in [7, 11) is 1.52. The molecule has 1 aliphatic heterocycles. The molecular formula is C24H15Cl2FINO3S2. The minimum atomic E-state index is -0.337. The zero-order valence-electron chi connectivity index (χ0n) is 17.5. The quantitative estimate of drug-likeness (QED) is 0.156. The molecule has 0 radical (unpaired) electrons. The van der Waals surface area contributed by atoms with Crippen LogP contribution in [0.15, 0.2) is 59.5 Å². The van der Waals surface area contributed by atoms with Crippen LogP contribution in [0.5, 0.6) is 11.5 Å². The van der Waals surface area contributed by atoms with Gasteiger partial charge in [-0.25, -0.2) is 4.39 Å². The number of anilines is 1. The Kier molecular flexibility index (Phi) is 8.04. The van der Waals surface area contributed by atoms with E-state index >= 15 is 0 Å². The number of ether oxygens (including phenoxy) is 2. The Morgan fingerprint density at radius 2 is 1.94 bits per heavy atom. The predicted molar refractivity (Wildman–Crippen MR) is 149 cm³/mol. The van der Waals surface area contributed by atoms with Gasteiger partial charge in [0.2, 0.25) is 0 Å². The van der Waals surface area contributed by atoms with Crippen molar-refractivity contribution in [2.45, 2.75) is 6.61 Å². The number of benzene rings is 3. The predicted octanol–water partition coefficient (Wildman–Crippen LogP) is 7.73. The van der Waals surface area contributed by atoms with Crippen LogP contribution in [-0.4, -0.2) is 17.3 Å². The molecule has 0 bridgehead atoms. The van der Waals surface area contributed by atoms with Crippen molar-refractivity contribution in [3.05, 3.63) is 90.1 Å². The molecule has 0 aliphatic carbocycles. The second-order valence-electron chi connectivity index (χ2n) is 7.03. The molecule has 0 unspecified atom stereocenters. The van der Waals surface area contributed by atoms with E-state index in [1.165, 1.54) is 29.8 Å². The van der Waals surface area contributed by atoms with Crippen molar-refractivity contribution in [3.8, 4) is 11.5 Å². The Labute approximate surface area is 229 Å². The van der Waals surface area contributed by atoms with Crippen molar-refractivity contribution in [1.29, 1.82) is 0 Å². The van der Waals surface area contributed by atoms with Gasteiger partial charge in [0.1, 0.15) is 12.4 Å². The summed E-state index contributed by atoms with van der Waals surface area (Å²) in [6.45, 7) is 0.0545. The van der Waals surface area contributed by atoms with Gasteiger partial charge in [0, 0.05) is 10.6 Å². The molecule has 10 heteroatoms. The van der Waals surface area contributed by atoms with Crippen LogP contribution in [-0.2, 0) is 11.4 Å². The van der Waals surface area contributed by atoms with E-state index in [0.717, 1.165) is 9.13 Å². The lowest BCUT2D eigenvalue weighted by molar-refractivity contribution is -0.113. The van der Waals surface area contributed by atoms with Crippen molar-refractivity contribution in [1.82, 2.24) is 0 Å². The molecule has 4 nitrogen and oxygen atoms in total. The summed E-state index contributed by atoms with van der Waals surface area (Å²) in [5.41, 5.74) is 1.64. The van der Waals surface area contributed by atoms with Gasteiger partial charge in [-0.05, 0) is 70.6 Å². The molecule has 1 amide bonds. The fourth-order valence-electron chi connectivity index (χ4n) is 3.22. The smallest absolute Gasteiger partial charge is 0.270 e. The maximum atomic E-state index is 13.9. The van der Waals surface area contributed by atoms with Crippen LogP contribution in [0, 0.1) is 9.39 Å². The average Bonchev–Trinajstić information content (AvgIpc) is 3.06. The first kappa shape index (κ1) is 25.2. The largest absolute Gasteiger partial charge is 0.493 e. The second-order valence-corrected chi connectivity index (χ2v) is 10.7. The van der Waals surface area contributed by atoms with E-state index in [9.17, 15) is 9.18 Å². The lowest BCUT2D eigenvalue weighted by Gasteiger charge is -2.16. The molecule has 1 fully saturated rings. The molecule has 1 heterocycles. The summed E-state index contributed by atoms with van der Waals surface area (Å²) < 4.78 is 26.4. The minimum Gasteiger partial charge on any atom is -0.493 e. The Hall–Kier alpha value is -1.85. The molecule has 0 atom stereocenters. The van der Waals surface area contributed by atoms with Gasteiger partial charge in [0.05, 0.1) is 26.3 Å². The number of halogens is 4. The molecule has 1 aliphatic rings. The maximum Gasteiger partial charge on any atom is 0.270 e. The maximum absolute atomic E-state index is 13.9. The van der Waals surface area contributed by atoms with Gasteiger partial charge in [-0.3, -0.25) is 9.69 Å². The van der Waals surface area contributed by atoms with Gasteiger partial charge in [0.25, 0.3) is 5.91 Å². The molecule has 34 heavy (non-hydrogen) atoms. The summed E-state index contributed by atoms with van der Waals surface area (Å²) in [4.78, 5) is 14.9. The van der Waals surface area contributed by atoms with Crippen LogP contribution >= 0.6 is 69.8 Å². The normalized spacial score (nSPS) is 14.7. The topological polar surface area (TPSA) is 38.8 Å². The number of amides is 1. The van der Waals surface area contributed by atoms with E-state index in [4.69, 9.17) is 44.9 Å². The third-order valence-electron chi connectivity index (χ3n) is 4.82. The highest BCUT2D eigenvalue weighted by Crippen LogP contribution is 2.41. The van der Waals surface area contributed by atoms with Gasteiger partial charge in [-0.2, -0.15) is 0 Å². The van der Waals surface area contributed by atoms with E-state index < -0.39 is 0 Å². The number of methoxy groups -OCH3 is 1. The molecule has 3 aromatic carbocycles. The van der Waals surface area contributed by atoms with E-state index in [1.54, 1.807) is 48.5 Å². The van der Waals surface area contributed by atoms with E-state index in [2.05, 4.69) is 22.6 Å². The Balaban J connectivity index is 1.60. The summed E-state index contributed by atoms with van der Waals surface area (Å²) in [5, 5.41) is 0.798. The standard InChI is InChI=1S/C24H15Cl2FINO3S2/c1-31-20-9-13(8-18(28)22(20)32-12-14-4-2-3-5-17(14)27)10-21-23(30)29(24(33)34-21)19-7-6-15(25)11-16(19)26/h2-11H,12H2,1H3/b21-10-. The van der Waals surface area contributed by atoms with Crippen LogP contribution < -0.4 is 14.4 Å². The zero-order valence-corrected chi connectivity index (χ0v) is 22.8. The van der Waals surface area contributed by atoms with E-state index in [1.807, 2.05) is 6.07 Å². The first-order valence-corrected chi connectivity index (χ1v) is 12.8. The van der Waals surface area contributed by atoms with Crippen LogP contribution in [0.25, 0.3) is 6.08 Å². The number of carbonyl (C=O) groups excluding carboxylic acids is 1. The van der Waals surface area contributed by atoms with Gasteiger partial charge in [-0.1, -0.05) is 65.4 Å². The summed E-state index contributed by atoms with van der Waals surface area (Å²) >= 11 is 21.0. The fraction of sp³-hybridized carbons (Fsp3) is 0.0833. The van der Waals surface area contributed by atoms with Crippen molar-refractivity contribution in [2.24, 2.45) is 0 Å². The molecule has 174 valence electrons. The molecule has 0 spiro atoms. The van der Waals surface area contributed by atoms with Gasteiger partial charge in [0.15, 0.2) is 15.8 Å². The highest BCUT2D eigenvalue weighted by molar-refractivity contribution is 14.1. The Morgan fingerprint density at radius 3 is 2.65 bits per heavy atom. The first-order chi connectivity index (χ1) is 16.3. The van der Waals surface area contributed by atoms with E-state index in [0.29, 0.717) is 42.0 Å². The summed E-state index contributed by atoms with van der Waals surface area (Å²) in [6, 6.07) is 14.9. The van der Waals surface area contributed by atoms with Gasteiger partial charge >= 0.3 is 0 Å². The lowest BCUT2D eigenvalue weighted by Crippen LogP contribution is -2.27. The van der Waals surface area contributed by atoms with Crippen molar-refractivity contribution < 1.29 is 18.7 Å². The van der Waals surface area contributed by atoms with Crippen molar-refractivity contribution in [2.75, 3.05) is 12.0 Å². The molecule has 1 saturated heterocycles. The zero-order chi connectivity index (χ0) is 24.4. The lowest BCUT2D eigenvalue weighted by atomic mass is 10.1. The molecule has 0 aromatic heterocycles. The van der Waals surface area contributed by atoms with Crippen LogP contribution in [0.3, 0.4) is 0 Å². The SMILES string of the molecule is COc1cc(/C=C2\SC(=S)N(c3ccc(Cl)cc3Cl)C2=O)cc(I)c1OCc1ccccc1F. The second kappa shape index (κ2) is 10.8. The number of thiocarbonyl (C=S) groups is 1. The molecule has 0 N–H and O–H groups in total. The molecule has 3 aromatic rings. The number of nitrogens with zero attached hydrogens (tertiary/aromatic N) is 1. The Morgan fingerprint density at radius 1 is 1.18 bits per heavy atom. The Bertz CT molecular complexity index is 1340. The van der Waals surface area contributed by atoms with Crippen LogP contribution in [0.2, 0.25) is 10.0 Å². The van der Waals surface area contributed by atoms with Crippen molar-refractivity contribution in [3.63, 3.8) is 0 Å².